The molecule has 1 atom stereocenters. The number of hydrogen-bond donors (Lipinski definition) is 1. The average molecular weight is 302 g/mol. The van der Waals surface area contributed by atoms with E-state index < -0.39 is 5.97 Å². The van der Waals surface area contributed by atoms with Crippen molar-refractivity contribution in [3.05, 3.63) is 0 Å². The number of nitrogens with zero attached hydrogens (tertiary/aromatic N) is 2. The van der Waals surface area contributed by atoms with Crippen LogP contribution in [0.25, 0.3) is 0 Å². The van der Waals surface area contributed by atoms with Gasteiger partial charge in [-0.05, 0) is 19.8 Å². The van der Waals surface area contributed by atoms with Crippen molar-refractivity contribution in [3.8, 4) is 0 Å². The number of carboxylic acids is 1. The van der Waals surface area contributed by atoms with Crippen molar-refractivity contribution in [2.45, 2.75) is 38.3 Å². The summed E-state index contributed by atoms with van der Waals surface area (Å²) in [7, 11) is 3.19. The van der Waals surface area contributed by atoms with Crippen LogP contribution in [0.2, 0.25) is 0 Å². The van der Waals surface area contributed by atoms with Crippen molar-refractivity contribution in [2.75, 3.05) is 40.5 Å². The van der Waals surface area contributed by atoms with Crippen LogP contribution in [0.4, 0.5) is 4.79 Å². The quantitative estimate of drug-likeness (QED) is 0.652. The highest BCUT2D eigenvalue weighted by atomic mass is 16.5. The van der Waals surface area contributed by atoms with E-state index in [1.54, 1.807) is 24.0 Å². The maximum Gasteiger partial charge on any atom is 0.320 e. The van der Waals surface area contributed by atoms with Crippen LogP contribution in [-0.2, 0) is 14.3 Å². The third kappa shape index (κ3) is 5.89. The molecule has 1 aliphatic carbocycles. The van der Waals surface area contributed by atoms with Gasteiger partial charge >= 0.3 is 12.0 Å². The first kappa shape index (κ1) is 17.7. The summed E-state index contributed by atoms with van der Waals surface area (Å²) in [4.78, 5) is 26.8. The molecule has 2 amide bonds. The number of urea groups is 1. The number of hydrogen-bond acceptors (Lipinski definition) is 4. The zero-order chi connectivity index (χ0) is 15.8. The number of methoxy groups -OCH3 is 2. The van der Waals surface area contributed by atoms with Crippen LogP contribution in [0.1, 0.15) is 26.2 Å². The van der Waals surface area contributed by atoms with Gasteiger partial charge in [0.1, 0.15) is 0 Å². The largest absolute Gasteiger partial charge is 0.481 e. The highest BCUT2D eigenvalue weighted by molar-refractivity contribution is 5.76. The Hall–Kier alpha value is -1.34. The minimum atomic E-state index is -0.887. The molecule has 1 unspecified atom stereocenters. The summed E-state index contributed by atoms with van der Waals surface area (Å²) in [6.07, 6.45) is 1.86. The fraction of sp³-hybridized carbons (Fsp3) is 0.857. The summed E-state index contributed by atoms with van der Waals surface area (Å²) >= 11 is 0. The van der Waals surface area contributed by atoms with Crippen LogP contribution in [0.5, 0.6) is 0 Å². The molecule has 122 valence electrons. The predicted molar refractivity (Wildman–Crippen MR) is 77.3 cm³/mol. The van der Waals surface area contributed by atoms with Crippen molar-refractivity contribution in [2.24, 2.45) is 0 Å². The molecule has 1 aliphatic rings. The Morgan fingerprint density at radius 3 is 2.38 bits per heavy atom. The molecule has 7 heteroatoms. The van der Waals surface area contributed by atoms with E-state index in [-0.39, 0.29) is 31.1 Å². The van der Waals surface area contributed by atoms with Gasteiger partial charge < -0.3 is 24.4 Å². The molecule has 0 aliphatic heterocycles. The van der Waals surface area contributed by atoms with Crippen LogP contribution < -0.4 is 0 Å². The van der Waals surface area contributed by atoms with E-state index in [0.717, 1.165) is 12.8 Å². The Kier molecular flexibility index (Phi) is 7.45. The molecular weight excluding hydrogens is 276 g/mol. The number of carboxylic acid groups (broad SMARTS) is 1. The molecule has 0 aromatic rings. The number of aliphatic carboxylic acids is 1. The van der Waals surface area contributed by atoms with Gasteiger partial charge in [-0.3, -0.25) is 4.79 Å². The van der Waals surface area contributed by atoms with Gasteiger partial charge in [-0.2, -0.15) is 0 Å². The standard InChI is InChI=1S/C14H26N2O5/c1-11(10-21-3)15(8-9-20-2)14(19)16(12-4-5-12)7-6-13(17)18/h11-12H,4-10H2,1-3H3,(H,17,18). The Morgan fingerprint density at radius 2 is 1.90 bits per heavy atom. The van der Waals surface area contributed by atoms with E-state index in [1.807, 2.05) is 6.92 Å². The predicted octanol–water partition coefficient (Wildman–Crippen LogP) is 1.03. The van der Waals surface area contributed by atoms with E-state index in [2.05, 4.69) is 0 Å². The zero-order valence-electron chi connectivity index (χ0n) is 13.1. The average Bonchev–Trinajstić information content (AvgIpc) is 3.24. The van der Waals surface area contributed by atoms with Crippen LogP contribution in [-0.4, -0.2) is 79.5 Å². The lowest BCUT2D eigenvalue weighted by molar-refractivity contribution is -0.137. The van der Waals surface area contributed by atoms with Gasteiger partial charge in [0.15, 0.2) is 0 Å². The summed E-state index contributed by atoms with van der Waals surface area (Å²) in [5, 5.41) is 8.83. The number of amides is 2. The van der Waals surface area contributed by atoms with Crippen molar-refractivity contribution in [1.82, 2.24) is 9.80 Å². The van der Waals surface area contributed by atoms with Crippen LogP contribution >= 0.6 is 0 Å². The number of rotatable bonds is 10. The Balaban J connectivity index is 2.71. The van der Waals surface area contributed by atoms with Crippen molar-refractivity contribution in [1.29, 1.82) is 0 Å². The van der Waals surface area contributed by atoms with Crippen LogP contribution in [0, 0.1) is 0 Å². The highest BCUT2D eigenvalue weighted by Gasteiger charge is 2.36. The molecule has 1 saturated carbocycles. The minimum absolute atomic E-state index is 0.0288. The van der Waals surface area contributed by atoms with E-state index in [0.29, 0.717) is 19.8 Å². The molecule has 1 rings (SSSR count). The third-order valence-electron chi connectivity index (χ3n) is 3.52. The smallest absolute Gasteiger partial charge is 0.320 e. The normalized spacial score (nSPS) is 15.6. The molecule has 0 aromatic carbocycles. The van der Waals surface area contributed by atoms with Gasteiger partial charge in [0.05, 0.1) is 25.7 Å². The first-order valence-corrected chi connectivity index (χ1v) is 7.28. The monoisotopic (exact) mass is 302 g/mol. The summed E-state index contributed by atoms with van der Waals surface area (Å²) in [6, 6.07) is -0.0271. The Labute approximate surface area is 125 Å². The molecule has 21 heavy (non-hydrogen) atoms. The van der Waals surface area contributed by atoms with Crippen molar-refractivity contribution < 1.29 is 24.2 Å². The van der Waals surface area contributed by atoms with Gasteiger partial charge in [0.2, 0.25) is 0 Å². The van der Waals surface area contributed by atoms with Gasteiger partial charge in [-0.15, -0.1) is 0 Å². The second-order valence-electron chi connectivity index (χ2n) is 5.34. The molecule has 0 aromatic heterocycles. The molecule has 0 spiro atoms. The molecular formula is C14H26N2O5. The number of carbonyl (C=O) groups is 2. The highest BCUT2D eigenvalue weighted by Crippen LogP contribution is 2.28. The minimum Gasteiger partial charge on any atom is -0.481 e. The second-order valence-corrected chi connectivity index (χ2v) is 5.34. The van der Waals surface area contributed by atoms with Crippen molar-refractivity contribution >= 4 is 12.0 Å². The topological polar surface area (TPSA) is 79.3 Å². The van der Waals surface area contributed by atoms with E-state index in [1.165, 1.54) is 0 Å². The first-order valence-electron chi connectivity index (χ1n) is 7.28. The summed E-state index contributed by atoms with van der Waals surface area (Å²) < 4.78 is 10.2. The third-order valence-corrected chi connectivity index (χ3v) is 3.52. The van der Waals surface area contributed by atoms with E-state index in [4.69, 9.17) is 14.6 Å². The fourth-order valence-electron chi connectivity index (χ4n) is 2.23. The lowest BCUT2D eigenvalue weighted by atomic mass is 10.3. The van der Waals surface area contributed by atoms with E-state index in [9.17, 15) is 9.59 Å². The molecule has 0 radical (unpaired) electrons. The van der Waals surface area contributed by atoms with Gasteiger partial charge in [0, 0.05) is 33.4 Å². The van der Waals surface area contributed by atoms with Gasteiger partial charge in [-0.1, -0.05) is 0 Å². The summed E-state index contributed by atoms with van der Waals surface area (Å²) in [5.41, 5.74) is 0. The molecule has 1 fully saturated rings. The Morgan fingerprint density at radius 1 is 1.24 bits per heavy atom. The lowest BCUT2D eigenvalue weighted by Crippen LogP contribution is -2.51. The molecule has 0 heterocycles. The van der Waals surface area contributed by atoms with Crippen LogP contribution in [0.3, 0.4) is 0 Å². The van der Waals surface area contributed by atoms with E-state index >= 15 is 0 Å². The summed E-state index contributed by atoms with van der Waals surface area (Å²) in [5.74, 6) is -0.887. The lowest BCUT2D eigenvalue weighted by Gasteiger charge is -2.34. The number of ether oxygens (including phenoxy) is 2. The zero-order valence-corrected chi connectivity index (χ0v) is 13.1. The van der Waals surface area contributed by atoms with Crippen LogP contribution in [0.15, 0.2) is 0 Å². The molecule has 1 N–H and O–H groups in total. The number of carbonyl (C=O) groups excluding carboxylic acids is 1. The molecule has 0 saturated heterocycles. The first-order chi connectivity index (χ1) is 10.0. The Bertz CT molecular complexity index is 346. The molecule has 0 bridgehead atoms. The van der Waals surface area contributed by atoms with Crippen molar-refractivity contribution in [3.63, 3.8) is 0 Å². The van der Waals surface area contributed by atoms with Gasteiger partial charge in [-0.25, -0.2) is 4.79 Å². The molecule has 7 nitrogen and oxygen atoms in total. The summed E-state index contributed by atoms with van der Waals surface area (Å²) in [6.45, 7) is 3.52. The SMILES string of the molecule is COCCN(C(=O)N(CCC(=O)O)C1CC1)C(C)COC. The maximum atomic E-state index is 12.7. The van der Waals surface area contributed by atoms with Gasteiger partial charge in [0.25, 0.3) is 0 Å². The maximum absolute atomic E-state index is 12.7. The fourth-order valence-corrected chi connectivity index (χ4v) is 2.23. The second kappa shape index (κ2) is 8.84.